The quantitative estimate of drug-likeness (QED) is 0.189. The molecule has 0 unspecified atom stereocenters. The Morgan fingerprint density at radius 2 is 0.860 bits per heavy atom. The monoisotopic (exact) mass is 638 g/mol. The van der Waals surface area contributed by atoms with Crippen molar-refractivity contribution in [3.8, 4) is 23.5 Å². The third-order valence-electron chi connectivity index (χ3n) is 10.1. The van der Waals surface area contributed by atoms with Crippen LogP contribution in [0.3, 0.4) is 0 Å². The summed E-state index contributed by atoms with van der Waals surface area (Å²) in [7, 11) is 0. The first-order chi connectivity index (χ1) is 24.7. The lowest BCUT2D eigenvalue weighted by Crippen LogP contribution is -1.94. The summed E-state index contributed by atoms with van der Waals surface area (Å²) in [5, 5.41) is 27.7. The fraction of sp³-hybridized carbons (Fsp3) is 0. The zero-order chi connectivity index (χ0) is 33.1. The second kappa shape index (κ2) is 9.64. The molecule has 0 bridgehead atoms. The van der Waals surface area contributed by atoms with Crippen molar-refractivity contribution < 1.29 is 8.83 Å². The molecule has 0 saturated carbocycles. The molecule has 0 aliphatic heterocycles. The van der Waals surface area contributed by atoms with E-state index in [4.69, 9.17) is 8.83 Å². The van der Waals surface area contributed by atoms with Crippen molar-refractivity contribution in [1.29, 1.82) is 10.5 Å². The Labute approximate surface area is 283 Å². The van der Waals surface area contributed by atoms with Crippen molar-refractivity contribution in [2.45, 2.75) is 0 Å². The van der Waals surface area contributed by atoms with E-state index in [1.165, 1.54) is 0 Å². The number of aromatic nitrogens is 2. The summed E-state index contributed by atoms with van der Waals surface area (Å²) < 4.78 is 17.2. The molecule has 0 aliphatic carbocycles. The SMILES string of the molecule is N#Cc1ccc2c(c1)c1ccccc1n2-c1ccc2oc3ccc(-n4c5ccc(C#N)cc5c5cc6c(cc54)oc4ccccc46)cc3c2c1. The molecule has 50 heavy (non-hydrogen) atoms. The van der Waals surface area contributed by atoms with Gasteiger partial charge in [-0.1, -0.05) is 36.4 Å². The van der Waals surface area contributed by atoms with Crippen LogP contribution in [0.5, 0.6) is 0 Å². The topological polar surface area (TPSA) is 83.7 Å². The number of nitriles is 2. The van der Waals surface area contributed by atoms with E-state index in [1.54, 1.807) is 0 Å². The van der Waals surface area contributed by atoms with E-state index in [0.717, 1.165) is 98.9 Å². The van der Waals surface area contributed by atoms with Crippen molar-refractivity contribution in [2.24, 2.45) is 0 Å². The fourth-order valence-electron chi connectivity index (χ4n) is 7.94. The molecule has 0 fully saturated rings. The summed E-state index contributed by atoms with van der Waals surface area (Å²) in [6.07, 6.45) is 0. The van der Waals surface area contributed by atoms with Crippen molar-refractivity contribution in [3.05, 3.63) is 145 Å². The van der Waals surface area contributed by atoms with Gasteiger partial charge >= 0.3 is 0 Å². The minimum atomic E-state index is 0.617. The lowest BCUT2D eigenvalue weighted by Gasteiger charge is -2.09. The zero-order valence-corrected chi connectivity index (χ0v) is 26.3. The van der Waals surface area contributed by atoms with Crippen LogP contribution in [0.25, 0.3) is 98.9 Å². The number of para-hydroxylation sites is 2. The van der Waals surface area contributed by atoms with Gasteiger partial charge in [-0.05, 0) is 91.0 Å². The molecule has 0 radical (unpaired) electrons. The molecule has 4 heterocycles. The lowest BCUT2D eigenvalue weighted by atomic mass is 10.1. The van der Waals surface area contributed by atoms with Gasteiger partial charge in [-0.3, -0.25) is 0 Å². The molecular weight excluding hydrogens is 617 g/mol. The highest BCUT2D eigenvalue weighted by Crippen LogP contribution is 2.41. The van der Waals surface area contributed by atoms with Gasteiger partial charge in [0.1, 0.15) is 22.3 Å². The Balaban J connectivity index is 1.17. The number of hydrogen-bond donors (Lipinski definition) is 0. The average Bonchev–Trinajstić information content (AvgIpc) is 3.90. The van der Waals surface area contributed by atoms with E-state index < -0.39 is 0 Å². The highest BCUT2D eigenvalue weighted by Gasteiger charge is 2.19. The van der Waals surface area contributed by atoms with Crippen molar-refractivity contribution >= 4 is 87.5 Å². The van der Waals surface area contributed by atoms with Gasteiger partial charge in [0.15, 0.2) is 0 Å². The minimum absolute atomic E-state index is 0.617. The van der Waals surface area contributed by atoms with Gasteiger partial charge < -0.3 is 18.0 Å². The Hall–Kier alpha value is -7.28. The lowest BCUT2D eigenvalue weighted by molar-refractivity contribution is 0.668. The van der Waals surface area contributed by atoms with Crippen LogP contribution in [-0.4, -0.2) is 9.13 Å². The van der Waals surface area contributed by atoms with Crippen molar-refractivity contribution in [2.75, 3.05) is 0 Å². The molecule has 0 saturated heterocycles. The summed E-state index contributed by atoms with van der Waals surface area (Å²) in [6.45, 7) is 0. The summed E-state index contributed by atoms with van der Waals surface area (Å²) in [4.78, 5) is 0. The molecule has 0 spiro atoms. The molecule has 0 amide bonds. The zero-order valence-electron chi connectivity index (χ0n) is 26.3. The van der Waals surface area contributed by atoms with Gasteiger partial charge in [0.05, 0.1) is 45.3 Å². The first kappa shape index (κ1) is 26.8. The van der Waals surface area contributed by atoms with Crippen LogP contribution in [0.1, 0.15) is 11.1 Å². The molecule has 11 aromatic rings. The van der Waals surface area contributed by atoms with Gasteiger partial charge in [0.25, 0.3) is 0 Å². The predicted octanol–water partition coefficient (Wildman–Crippen LogP) is 11.4. The van der Waals surface area contributed by atoms with Crippen LogP contribution >= 0.6 is 0 Å². The maximum absolute atomic E-state index is 9.80. The second-order valence-corrected chi connectivity index (χ2v) is 12.8. The third-order valence-corrected chi connectivity index (χ3v) is 10.1. The number of benzene rings is 7. The maximum Gasteiger partial charge on any atom is 0.137 e. The van der Waals surface area contributed by atoms with E-state index in [1.807, 2.05) is 78.9 Å². The standard InChI is InChI=1S/C44H22N4O2/c45-23-25-9-13-38-31(17-25)29-5-1-3-7-37(29)47(38)27-11-15-42-34(19-27)35-20-28(12-16-43(35)49-42)48-39-14-10-26(24-46)18-32(39)33-21-36-30-6-2-4-8-41(30)50-44(36)22-40(33)48/h1-22H. The van der Waals surface area contributed by atoms with Crippen LogP contribution in [0.15, 0.2) is 142 Å². The summed E-state index contributed by atoms with van der Waals surface area (Å²) in [5.41, 5.74) is 10.6. The maximum atomic E-state index is 9.80. The molecule has 230 valence electrons. The van der Waals surface area contributed by atoms with Gasteiger partial charge in [-0.15, -0.1) is 0 Å². The summed E-state index contributed by atoms with van der Waals surface area (Å²) in [5.74, 6) is 0. The molecule has 11 rings (SSSR count). The molecule has 7 aromatic carbocycles. The van der Waals surface area contributed by atoms with Gasteiger partial charge in [0, 0.05) is 60.5 Å². The summed E-state index contributed by atoms with van der Waals surface area (Å²) in [6, 6.07) is 49.7. The van der Waals surface area contributed by atoms with E-state index in [-0.39, 0.29) is 0 Å². The molecule has 0 atom stereocenters. The predicted molar refractivity (Wildman–Crippen MR) is 199 cm³/mol. The van der Waals surface area contributed by atoms with E-state index in [9.17, 15) is 10.5 Å². The smallest absolute Gasteiger partial charge is 0.137 e. The normalized spacial score (nSPS) is 12.0. The largest absolute Gasteiger partial charge is 0.456 e. The van der Waals surface area contributed by atoms with Crippen molar-refractivity contribution in [1.82, 2.24) is 9.13 Å². The number of nitrogens with zero attached hydrogens (tertiary/aromatic N) is 4. The molecule has 6 nitrogen and oxygen atoms in total. The first-order valence-electron chi connectivity index (χ1n) is 16.4. The van der Waals surface area contributed by atoms with Crippen LogP contribution in [0, 0.1) is 22.7 Å². The number of rotatable bonds is 2. The second-order valence-electron chi connectivity index (χ2n) is 12.8. The van der Waals surface area contributed by atoms with Gasteiger partial charge in [-0.25, -0.2) is 0 Å². The summed E-state index contributed by atoms with van der Waals surface area (Å²) >= 11 is 0. The van der Waals surface area contributed by atoms with Crippen LogP contribution in [-0.2, 0) is 0 Å². The van der Waals surface area contributed by atoms with E-state index in [0.29, 0.717) is 11.1 Å². The molecule has 0 aliphatic rings. The van der Waals surface area contributed by atoms with E-state index >= 15 is 0 Å². The number of fused-ring (bicyclic) bond motifs is 12. The Morgan fingerprint density at radius 1 is 0.360 bits per heavy atom. The first-order valence-corrected chi connectivity index (χ1v) is 16.4. The Kier molecular flexibility index (Phi) is 5.16. The Bertz CT molecular complexity index is 3360. The van der Waals surface area contributed by atoms with Gasteiger partial charge in [0.2, 0.25) is 0 Å². The molecule has 6 heteroatoms. The Morgan fingerprint density at radius 3 is 1.54 bits per heavy atom. The number of furan rings is 2. The number of hydrogen-bond acceptors (Lipinski definition) is 4. The van der Waals surface area contributed by atoms with Crippen molar-refractivity contribution in [3.63, 3.8) is 0 Å². The highest BCUT2D eigenvalue weighted by molar-refractivity contribution is 6.18. The fourth-order valence-corrected chi connectivity index (χ4v) is 7.94. The molecular formula is C44H22N4O2. The average molecular weight is 639 g/mol. The third kappa shape index (κ3) is 3.54. The molecule has 4 aromatic heterocycles. The van der Waals surface area contributed by atoms with Crippen LogP contribution in [0.4, 0.5) is 0 Å². The molecule has 0 N–H and O–H groups in total. The minimum Gasteiger partial charge on any atom is -0.456 e. The van der Waals surface area contributed by atoms with E-state index in [2.05, 4.69) is 75.9 Å². The highest BCUT2D eigenvalue weighted by atomic mass is 16.3. The van der Waals surface area contributed by atoms with Crippen LogP contribution < -0.4 is 0 Å². The van der Waals surface area contributed by atoms with Gasteiger partial charge in [-0.2, -0.15) is 10.5 Å². The van der Waals surface area contributed by atoms with Crippen LogP contribution in [0.2, 0.25) is 0 Å².